The largest absolute Gasteiger partial charge is 0.493 e. The van der Waals surface area contributed by atoms with Crippen molar-refractivity contribution in [3.8, 4) is 17.1 Å². The van der Waals surface area contributed by atoms with Crippen molar-refractivity contribution in [1.29, 1.82) is 0 Å². The number of fused-ring (bicyclic) bond motifs is 2. The first-order valence-corrected chi connectivity index (χ1v) is 9.74. The molecule has 0 spiro atoms. The highest BCUT2D eigenvalue weighted by molar-refractivity contribution is 6.31. The Kier molecular flexibility index (Phi) is 3.61. The number of hydrogen-bond donors (Lipinski definition) is 1. The Morgan fingerprint density at radius 1 is 1.28 bits per heavy atom. The molecule has 3 heterocycles. The van der Waals surface area contributed by atoms with Crippen LogP contribution in [0, 0.1) is 11.8 Å². The van der Waals surface area contributed by atoms with Crippen LogP contribution in [-0.4, -0.2) is 40.6 Å². The van der Waals surface area contributed by atoms with Crippen LogP contribution in [0.4, 0.5) is 0 Å². The second kappa shape index (κ2) is 5.75. The van der Waals surface area contributed by atoms with Gasteiger partial charge >= 0.3 is 0 Å². The number of aromatic amines is 1. The third kappa shape index (κ3) is 2.58. The van der Waals surface area contributed by atoms with Crippen LogP contribution in [0.1, 0.15) is 37.4 Å². The molecule has 2 fully saturated rings. The number of aromatic nitrogens is 2. The van der Waals surface area contributed by atoms with E-state index in [1.165, 1.54) is 24.3 Å². The molecule has 1 aromatic carbocycles. The van der Waals surface area contributed by atoms with Gasteiger partial charge in [-0.15, -0.1) is 0 Å². The first-order chi connectivity index (χ1) is 12.1. The molecule has 132 valence electrons. The number of nitrogens with one attached hydrogen (secondary N) is 1. The zero-order valence-electron chi connectivity index (χ0n) is 14.8. The Balaban J connectivity index is 1.41. The molecule has 1 saturated heterocycles. The highest BCUT2D eigenvalue weighted by Gasteiger charge is 2.57. The van der Waals surface area contributed by atoms with Crippen molar-refractivity contribution in [2.75, 3.05) is 19.7 Å². The second-order valence-electron chi connectivity index (χ2n) is 7.98. The Labute approximate surface area is 153 Å². The number of nitrogens with zero attached hydrogens (tertiary/aromatic N) is 2. The van der Waals surface area contributed by atoms with E-state index in [0.717, 1.165) is 53.4 Å². The minimum absolute atomic E-state index is 0.646. The summed E-state index contributed by atoms with van der Waals surface area (Å²) in [6, 6.07) is 4.65. The van der Waals surface area contributed by atoms with Gasteiger partial charge in [0, 0.05) is 42.0 Å². The van der Waals surface area contributed by atoms with E-state index < -0.39 is 0 Å². The molecule has 1 aliphatic carbocycles. The van der Waals surface area contributed by atoms with Crippen LogP contribution in [-0.2, 0) is 6.42 Å². The van der Waals surface area contributed by atoms with Gasteiger partial charge in [0.1, 0.15) is 11.6 Å². The number of imidazole rings is 1. The summed E-state index contributed by atoms with van der Waals surface area (Å²) in [5.74, 6) is 4.08. The maximum Gasteiger partial charge on any atom is 0.141 e. The number of likely N-dealkylation sites (tertiary alicyclic amines) is 1. The number of hydrogen-bond acceptors (Lipinski definition) is 3. The minimum Gasteiger partial charge on any atom is -0.493 e. The smallest absolute Gasteiger partial charge is 0.141 e. The van der Waals surface area contributed by atoms with Gasteiger partial charge in [0.15, 0.2) is 0 Å². The predicted octanol–water partition coefficient (Wildman–Crippen LogP) is 4.11. The fraction of sp³-hybridized carbons (Fsp3) is 0.550. The topological polar surface area (TPSA) is 41.2 Å². The van der Waals surface area contributed by atoms with Crippen molar-refractivity contribution in [2.45, 2.75) is 38.6 Å². The van der Waals surface area contributed by atoms with Crippen LogP contribution in [0.5, 0.6) is 5.75 Å². The number of aryl methyl sites for hydroxylation is 1. The van der Waals surface area contributed by atoms with Gasteiger partial charge in [-0.3, -0.25) is 0 Å². The van der Waals surface area contributed by atoms with E-state index in [2.05, 4.69) is 28.7 Å². The first kappa shape index (κ1) is 15.7. The Morgan fingerprint density at radius 3 is 2.84 bits per heavy atom. The molecule has 1 aromatic heterocycles. The van der Waals surface area contributed by atoms with Crippen LogP contribution in [0.25, 0.3) is 11.4 Å². The van der Waals surface area contributed by atoms with Crippen molar-refractivity contribution >= 4 is 11.6 Å². The van der Waals surface area contributed by atoms with E-state index in [-0.39, 0.29) is 0 Å². The normalized spacial score (nSPS) is 27.9. The number of benzene rings is 1. The van der Waals surface area contributed by atoms with Crippen molar-refractivity contribution in [3.05, 3.63) is 34.6 Å². The predicted molar refractivity (Wildman–Crippen MR) is 99.3 cm³/mol. The Morgan fingerprint density at radius 2 is 2.08 bits per heavy atom. The van der Waals surface area contributed by atoms with Crippen LogP contribution < -0.4 is 4.74 Å². The summed E-state index contributed by atoms with van der Waals surface area (Å²) >= 11 is 6.33. The fourth-order valence-electron chi connectivity index (χ4n) is 4.70. The first-order valence-electron chi connectivity index (χ1n) is 9.36. The molecule has 5 heteroatoms. The maximum absolute atomic E-state index is 6.33. The molecule has 3 aliphatic rings. The van der Waals surface area contributed by atoms with Gasteiger partial charge in [0.05, 0.1) is 12.2 Å². The monoisotopic (exact) mass is 357 g/mol. The summed E-state index contributed by atoms with van der Waals surface area (Å²) < 4.78 is 5.94. The summed E-state index contributed by atoms with van der Waals surface area (Å²) in [4.78, 5) is 10.8. The van der Waals surface area contributed by atoms with E-state index >= 15 is 0 Å². The molecule has 1 saturated carbocycles. The lowest BCUT2D eigenvalue weighted by atomic mass is 10.0. The Hall–Kier alpha value is -1.52. The standard InChI is InChI=1S/C20H24ClN3O/c1-11(2)24-9-15-16(10-24)18(15)17-8-22-20(23-17)14-7-13(21)6-12-4-3-5-25-19(12)14/h6-8,11,15-16,18H,3-5,9-10H2,1-2H3,(H,22,23). The van der Waals surface area contributed by atoms with Crippen LogP contribution in [0.3, 0.4) is 0 Å². The number of ether oxygens (including phenoxy) is 1. The summed E-state index contributed by atoms with van der Waals surface area (Å²) in [5, 5.41) is 0.757. The van der Waals surface area contributed by atoms with Crippen LogP contribution >= 0.6 is 11.6 Å². The van der Waals surface area contributed by atoms with Crippen molar-refractivity contribution < 1.29 is 4.74 Å². The molecule has 2 aromatic rings. The molecule has 5 rings (SSSR count). The quantitative estimate of drug-likeness (QED) is 0.898. The molecule has 2 atom stereocenters. The van der Waals surface area contributed by atoms with Crippen molar-refractivity contribution in [2.24, 2.45) is 11.8 Å². The lowest BCUT2D eigenvalue weighted by Crippen LogP contribution is -2.31. The number of halogens is 1. The molecule has 2 aliphatic heterocycles. The lowest BCUT2D eigenvalue weighted by molar-refractivity contribution is 0.242. The van der Waals surface area contributed by atoms with Crippen LogP contribution in [0.15, 0.2) is 18.3 Å². The van der Waals surface area contributed by atoms with Gasteiger partial charge in [-0.25, -0.2) is 4.98 Å². The highest BCUT2D eigenvalue weighted by Crippen LogP contribution is 2.58. The second-order valence-corrected chi connectivity index (χ2v) is 8.42. The number of piperidine rings is 1. The SMILES string of the molecule is CC(C)N1CC2C(C1)C2c1cnc(-c2cc(Cl)cc3c2OCCC3)[nH]1. The molecule has 0 amide bonds. The fourth-order valence-corrected chi connectivity index (χ4v) is 4.94. The van der Waals surface area contributed by atoms with Gasteiger partial charge in [-0.05, 0) is 56.2 Å². The van der Waals surface area contributed by atoms with Gasteiger partial charge in [-0.1, -0.05) is 11.6 Å². The number of rotatable bonds is 3. The summed E-state index contributed by atoms with van der Waals surface area (Å²) in [5.41, 5.74) is 3.48. The van der Waals surface area contributed by atoms with Gasteiger partial charge in [-0.2, -0.15) is 0 Å². The van der Waals surface area contributed by atoms with Gasteiger partial charge < -0.3 is 14.6 Å². The third-order valence-corrected chi connectivity index (χ3v) is 6.35. The highest BCUT2D eigenvalue weighted by atomic mass is 35.5. The van der Waals surface area contributed by atoms with E-state index in [4.69, 9.17) is 16.3 Å². The van der Waals surface area contributed by atoms with E-state index in [1.54, 1.807) is 0 Å². The maximum atomic E-state index is 6.33. The van der Waals surface area contributed by atoms with Crippen molar-refractivity contribution in [1.82, 2.24) is 14.9 Å². The minimum atomic E-state index is 0.646. The van der Waals surface area contributed by atoms with Gasteiger partial charge in [0.2, 0.25) is 0 Å². The molecule has 1 N–H and O–H groups in total. The third-order valence-electron chi connectivity index (χ3n) is 6.13. The van der Waals surface area contributed by atoms with Gasteiger partial charge in [0.25, 0.3) is 0 Å². The zero-order valence-corrected chi connectivity index (χ0v) is 15.5. The molecular formula is C20H24ClN3O. The molecule has 25 heavy (non-hydrogen) atoms. The average Bonchev–Trinajstić information content (AvgIpc) is 2.98. The van der Waals surface area contributed by atoms with E-state index in [0.29, 0.717) is 12.0 Å². The summed E-state index contributed by atoms with van der Waals surface area (Å²) in [6.45, 7) is 7.79. The van der Waals surface area contributed by atoms with Crippen LogP contribution in [0.2, 0.25) is 5.02 Å². The lowest BCUT2D eigenvalue weighted by Gasteiger charge is -2.23. The van der Waals surface area contributed by atoms with E-state index in [1.807, 2.05) is 18.3 Å². The Bertz CT molecular complexity index is 803. The summed E-state index contributed by atoms with van der Waals surface area (Å²) in [6.07, 6.45) is 4.09. The zero-order chi connectivity index (χ0) is 17.1. The molecule has 0 bridgehead atoms. The number of H-pyrrole nitrogens is 1. The average molecular weight is 358 g/mol. The summed E-state index contributed by atoms with van der Waals surface area (Å²) in [7, 11) is 0. The molecule has 0 radical (unpaired) electrons. The van der Waals surface area contributed by atoms with Crippen molar-refractivity contribution in [3.63, 3.8) is 0 Å². The molecular weight excluding hydrogens is 334 g/mol. The van der Waals surface area contributed by atoms with E-state index in [9.17, 15) is 0 Å². The molecule has 2 unspecified atom stereocenters. The molecule has 4 nitrogen and oxygen atoms in total.